The summed E-state index contributed by atoms with van der Waals surface area (Å²) in [5.41, 5.74) is 6.71. The normalized spacial score (nSPS) is 21.8. The summed E-state index contributed by atoms with van der Waals surface area (Å²) in [6, 6.07) is 13.0. The van der Waals surface area contributed by atoms with Crippen LogP contribution in [0.4, 0.5) is 0 Å². The van der Waals surface area contributed by atoms with Crippen LogP contribution in [-0.2, 0) is 31.2 Å². The van der Waals surface area contributed by atoms with E-state index in [1.807, 2.05) is 30.3 Å². The molecule has 8 heteroatoms. The molecule has 1 aliphatic heterocycles. The van der Waals surface area contributed by atoms with Crippen molar-refractivity contribution in [3.63, 3.8) is 0 Å². The van der Waals surface area contributed by atoms with Crippen LogP contribution in [0.2, 0.25) is 0 Å². The average molecular weight is 398 g/mol. The van der Waals surface area contributed by atoms with Crippen LogP contribution in [0.5, 0.6) is 0 Å². The zero-order valence-corrected chi connectivity index (χ0v) is 16.2. The molecule has 5 nitrogen and oxygen atoms in total. The molecule has 1 aromatic heterocycles. The van der Waals surface area contributed by atoms with Crippen LogP contribution >= 0.6 is 11.3 Å². The molecule has 136 valence electrons. The number of nitrogens with two attached hydrogens (primary N) is 1. The van der Waals surface area contributed by atoms with Crippen molar-refractivity contribution in [1.29, 1.82) is 0 Å². The topological polar surface area (TPSA) is 80.5 Å². The van der Waals surface area contributed by atoms with E-state index in [9.17, 15) is 12.6 Å². The van der Waals surface area contributed by atoms with Crippen molar-refractivity contribution in [1.82, 2.24) is 4.31 Å². The fraction of sp³-hybridized carbons (Fsp3) is 0.353. The Bertz CT molecular complexity index is 896. The molecule has 25 heavy (non-hydrogen) atoms. The lowest BCUT2D eigenvalue weighted by molar-refractivity contribution is 0.437. The third-order valence-electron chi connectivity index (χ3n) is 4.45. The standard InChI is InChI=1S/C17H21N2O3S3/c1-24(20)19-11-14(13-5-3-2-4-6-13)9-15(19)12-25(21,22)17-8-7-16(10-18)23-17/h2-8,14-15H,1,9-12,18H2/q-1/t14-,15-/m0/s1. The molecule has 2 atom stereocenters. The largest absolute Gasteiger partial charge is 0.448 e. The van der Waals surface area contributed by atoms with Crippen molar-refractivity contribution >= 4 is 37.6 Å². The second kappa shape index (κ2) is 7.59. The first-order chi connectivity index (χ1) is 11.9. The number of benzene rings is 1. The third-order valence-corrected chi connectivity index (χ3v) is 8.91. The summed E-state index contributed by atoms with van der Waals surface area (Å²) < 4.78 is 39.6. The first-order valence-corrected chi connectivity index (χ1v) is 11.7. The minimum absolute atomic E-state index is 0.0535. The monoisotopic (exact) mass is 397 g/mol. The Labute approximate surface area is 154 Å². The van der Waals surface area contributed by atoms with Crippen LogP contribution < -0.4 is 5.73 Å². The minimum atomic E-state index is -3.45. The van der Waals surface area contributed by atoms with Gasteiger partial charge >= 0.3 is 0 Å². The summed E-state index contributed by atoms with van der Waals surface area (Å²) in [7, 11) is -4.90. The lowest BCUT2D eigenvalue weighted by atomic mass is 9.97. The number of nitrogens with zero attached hydrogens (tertiary/aromatic N) is 1. The van der Waals surface area contributed by atoms with Crippen LogP contribution in [0.3, 0.4) is 0 Å². The molecule has 2 N–H and O–H groups in total. The summed E-state index contributed by atoms with van der Waals surface area (Å²) in [5, 5.41) is 0. The van der Waals surface area contributed by atoms with Crippen LogP contribution in [0.25, 0.3) is 0 Å². The van der Waals surface area contributed by atoms with Gasteiger partial charge in [0.15, 0.2) is 9.84 Å². The van der Waals surface area contributed by atoms with E-state index in [1.165, 1.54) is 11.3 Å². The Kier molecular flexibility index (Phi) is 5.65. The van der Waals surface area contributed by atoms with Gasteiger partial charge in [-0.25, -0.2) is 19.0 Å². The highest BCUT2D eigenvalue weighted by atomic mass is 32.2. The summed E-state index contributed by atoms with van der Waals surface area (Å²) in [4.78, 5) is 0.838. The van der Waals surface area contributed by atoms with Crippen molar-refractivity contribution in [2.24, 2.45) is 5.73 Å². The molecular formula is C17H21N2O3S3-. The lowest BCUT2D eigenvalue weighted by Gasteiger charge is -2.28. The number of rotatable bonds is 6. The minimum Gasteiger partial charge on any atom is -0.448 e. The predicted octanol–water partition coefficient (Wildman–Crippen LogP) is 2.15. The number of sulfone groups is 1. The molecule has 2 heterocycles. The second-order valence-electron chi connectivity index (χ2n) is 6.12. The van der Waals surface area contributed by atoms with Gasteiger partial charge in [0.2, 0.25) is 0 Å². The van der Waals surface area contributed by atoms with Crippen molar-refractivity contribution < 1.29 is 12.6 Å². The van der Waals surface area contributed by atoms with Crippen LogP contribution in [-0.4, -0.2) is 36.9 Å². The number of hydrogen-bond donors (Lipinski definition) is 1. The maximum Gasteiger partial charge on any atom is 0.189 e. The van der Waals surface area contributed by atoms with E-state index in [0.717, 1.165) is 10.4 Å². The molecule has 0 spiro atoms. The SMILES string of the molecule is C=[S-](=O)N1C[C@@H](c2ccccc2)C[C@H]1CS(=O)(=O)c1ccc(CN)s1. The Morgan fingerprint density at radius 1 is 1.24 bits per heavy atom. The van der Waals surface area contributed by atoms with E-state index in [0.29, 0.717) is 23.7 Å². The molecule has 0 radical (unpaired) electrons. The van der Waals surface area contributed by atoms with Crippen LogP contribution in [0, 0.1) is 0 Å². The first-order valence-electron chi connectivity index (χ1n) is 7.95. The van der Waals surface area contributed by atoms with Crippen LogP contribution in [0.1, 0.15) is 22.8 Å². The highest BCUT2D eigenvalue weighted by Gasteiger charge is 2.33. The van der Waals surface area contributed by atoms with Gasteiger partial charge in [0.1, 0.15) is 4.21 Å². The zero-order valence-electron chi connectivity index (χ0n) is 13.7. The smallest absolute Gasteiger partial charge is 0.189 e. The fourth-order valence-corrected chi connectivity index (χ4v) is 7.07. The van der Waals surface area contributed by atoms with Gasteiger partial charge in [-0.05, 0) is 36.6 Å². The molecule has 0 bridgehead atoms. The van der Waals surface area contributed by atoms with E-state index in [2.05, 4.69) is 5.87 Å². The average Bonchev–Trinajstić information content (AvgIpc) is 3.22. The molecule has 1 aliphatic rings. The van der Waals surface area contributed by atoms with Gasteiger partial charge in [0.05, 0.1) is 5.75 Å². The molecule has 1 aromatic carbocycles. The Morgan fingerprint density at radius 3 is 2.56 bits per heavy atom. The highest BCUT2D eigenvalue weighted by molar-refractivity contribution is 7.93. The summed E-state index contributed by atoms with van der Waals surface area (Å²) in [6.07, 6.45) is 0.652. The van der Waals surface area contributed by atoms with Gasteiger partial charge in [0.25, 0.3) is 0 Å². The third kappa shape index (κ3) is 4.15. The van der Waals surface area contributed by atoms with Gasteiger partial charge in [-0.2, -0.15) is 5.87 Å². The molecule has 1 fully saturated rings. The maximum atomic E-state index is 12.8. The fourth-order valence-electron chi connectivity index (χ4n) is 3.22. The van der Waals surface area contributed by atoms with Gasteiger partial charge in [-0.1, -0.05) is 30.3 Å². The quantitative estimate of drug-likeness (QED) is 0.598. The first kappa shape index (κ1) is 18.6. The molecule has 0 aliphatic carbocycles. The van der Waals surface area contributed by atoms with Crippen molar-refractivity contribution in [2.75, 3.05) is 12.3 Å². The number of hydrogen-bond acceptors (Lipinski definition) is 6. The summed E-state index contributed by atoms with van der Waals surface area (Å²) in [6.45, 7) is 0.882. The molecule has 3 rings (SSSR count). The summed E-state index contributed by atoms with van der Waals surface area (Å²) >= 11 is 1.21. The maximum absolute atomic E-state index is 12.8. The summed E-state index contributed by atoms with van der Waals surface area (Å²) in [5.74, 6) is 3.72. The Hall–Kier alpha value is -1.19. The predicted molar refractivity (Wildman–Crippen MR) is 104 cm³/mol. The van der Waals surface area contributed by atoms with Crippen LogP contribution in [0.15, 0.2) is 46.7 Å². The van der Waals surface area contributed by atoms with Crippen molar-refractivity contribution in [2.45, 2.75) is 29.1 Å². The second-order valence-corrected chi connectivity index (χ2v) is 10.7. The molecule has 0 saturated carbocycles. The van der Waals surface area contributed by atoms with E-state index >= 15 is 0 Å². The van der Waals surface area contributed by atoms with Gasteiger partial charge < -0.3 is 14.2 Å². The van der Waals surface area contributed by atoms with E-state index in [1.54, 1.807) is 16.4 Å². The molecule has 0 amide bonds. The van der Waals surface area contributed by atoms with E-state index in [-0.39, 0.29) is 17.7 Å². The zero-order chi connectivity index (χ0) is 18.0. The highest BCUT2D eigenvalue weighted by Crippen LogP contribution is 2.34. The molecule has 1 saturated heterocycles. The van der Waals surface area contributed by atoms with Gasteiger partial charge in [-0.15, -0.1) is 11.3 Å². The van der Waals surface area contributed by atoms with E-state index < -0.39 is 20.4 Å². The molecule has 0 unspecified atom stereocenters. The Balaban J connectivity index is 1.82. The molecule has 2 aromatic rings. The van der Waals surface area contributed by atoms with E-state index in [4.69, 9.17) is 5.73 Å². The molecular weight excluding hydrogens is 376 g/mol. The Morgan fingerprint density at radius 2 is 1.96 bits per heavy atom. The van der Waals surface area contributed by atoms with Crippen molar-refractivity contribution in [3.05, 3.63) is 52.9 Å². The van der Waals surface area contributed by atoms with Gasteiger partial charge in [0, 0.05) is 17.5 Å². The lowest BCUT2D eigenvalue weighted by Crippen LogP contribution is -2.33. The van der Waals surface area contributed by atoms with Crippen molar-refractivity contribution in [3.8, 4) is 0 Å². The van der Waals surface area contributed by atoms with Gasteiger partial charge in [-0.3, -0.25) is 0 Å². The number of thiophene rings is 1.